The maximum atomic E-state index is 14.8. The van der Waals surface area contributed by atoms with Crippen LogP contribution in [0.25, 0.3) is 0 Å². The van der Waals surface area contributed by atoms with Gasteiger partial charge in [0.25, 0.3) is 10.0 Å². The fourth-order valence-electron chi connectivity index (χ4n) is 3.02. The number of anilines is 1. The van der Waals surface area contributed by atoms with Crippen molar-refractivity contribution in [1.29, 1.82) is 0 Å². The lowest BCUT2D eigenvalue weighted by molar-refractivity contribution is 0.276. The van der Waals surface area contributed by atoms with Gasteiger partial charge in [-0.05, 0) is 80.4 Å². The van der Waals surface area contributed by atoms with Gasteiger partial charge in [-0.25, -0.2) is 12.8 Å². The molecule has 9 heteroatoms. The fraction of sp³-hybridized carbons (Fsp3) is 0.478. The van der Waals surface area contributed by atoms with Crippen molar-refractivity contribution in [3.8, 4) is 0 Å². The van der Waals surface area contributed by atoms with Gasteiger partial charge in [-0.15, -0.1) is 0 Å². The molecule has 0 N–H and O–H groups in total. The smallest absolute Gasteiger partial charge is 0.264 e. The molecule has 0 radical (unpaired) electrons. The van der Waals surface area contributed by atoms with Gasteiger partial charge in [-0.1, -0.05) is 44.0 Å². The Hall–Kier alpha value is -1.12. The largest absolute Gasteiger partial charge is 0.417 e. The van der Waals surface area contributed by atoms with Gasteiger partial charge in [0.2, 0.25) is 0 Å². The number of hydrogen-bond donors (Lipinski definition) is 0. The standard InChI is InChI=1S/C23H32Cl2FNO3SSi/c1-17(8-7-15-30-32(5,6)23(2,3)4)27(22-16-19(25)11-14-21(22)26)31(28,29)20-12-9-18(24)10-13-20/h9-14,16-17H,7-8,15H2,1-6H3/t17-/m1/s1. The van der Waals surface area contributed by atoms with Crippen LogP contribution in [0, 0.1) is 5.82 Å². The molecule has 2 aromatic carbocycles. The molecule has 0 amide bonds. The molecule has 2 aromatic rings. The molecule has 0 fully saturated rings. The van der Waals surface area contributed by atoms with Gasteiger partial charge in [0.15, 0.2) is 8.32 Å². The summed E-state index contributed by atoms with van der Waals surface area (Å²) < 4.78 is 49.1. The van der Waals surface area contributed by atoms with E-state index in [0.29, 0.717) is 24.5 Å². The van der Waals surface area contributed by atoms with Gasteiger partial charge in [0, 0.05) is 22.7 Å². The molecule has 178 valence electrons. The molecule has 0 aromatic heterocycles. The van der Waals surface area contributed by atoms with Crippen LogP contribution in [0.15, 0.2) is 47.4 Å². The van der Waals surface area contributed by atoms with Crippen LogP contribution in [0.1, 0.15) is 40.5 Å². The molecule has 0 bridgehead atoms. The summed E-state index contributed by atoms with van der Waals surface area (Å²) in [5.74, 6) is -0.656. The minimum absolute atomic E-state index is 0.0330. The van der Waals surface area contributed by atoms with Gasteiger partial charge >= 0.3 is 0 Å². The van der Waals surface area contributed by atoms with Crippen molar-refractivity contribution in [2.24, 2.45) is 0 Å². The van der Waals surface area contributed by atoms with Crippen LogP contribution in [0.5, 0.6) is 0 Å². The molecule has 0 spiro atoms. The molecule has 0 saturated carbocycles. The Morgan fingerprint density at radius 2 is 1.62 bits per heavy atom. The second-order valence-electron chi connectivity index (χ2n) is 9.45. The van der Waals surface area contributed by atoms with Crippen LogP contribution in [0.4, 0.5) is 10.1 Å². The molecule has 1 atom stereocenters. The number of nitrogens with zero attached hydrogens (tertiary/aromatic N) is 1. The van der Waals surface area contributed by atoms with Crippen LogP contribution >= 0.6 is 23.2 Å². The van der Waals surface area contributed by atoms with Crippen molar-refractivity contribution >= 4 is 47.2 Å². The lowest BCUT2D eigenvalue weighted by Gasteiger charge is -2.36. The Bertz CT molecular complexity index is 1020. The van der Waals surface area contributed by atoms with Gasteiger partial charge in [0.1, 0.15) is 5.82 Å². The number of rotatable bonds is 9. The van der Waals surface area contributed by atoms with E-state index in [1.54, 1.807) is 6.92 Å². The van der Waals surface area contributed by atoms with E-state index in [4.69, 9.17) is 27.6 Å². The second kappa shape index (κ2) is 10.4. The van der Waals surface area contributed by atoms with E-state index >= 15 is 0 Å². The van der Waals surface area contributed by atoms with E-state index in [9.17, 15) is 12.8 Å². The molecule has 0 heterocycles. The number of hydrogen-bond acceptors (Lipinski definition) is 3. The minimum Gasteiger partial charge on any atom is -0.417 e. The Morgan fingerprint density at radius 3 is 2.19 bits per heavy atom. The average Bonchev–Trinajstić information content (AvgIpc) is 2.67. The topological polar surface area (TPSA) is 46.6 Å². The minimum atomic E-state index is -4.05. The normalized spacial score (nSPS) is 13.8. The first-order valence-corrected chi connectivity index (χ1v) is 15.7. The van der Waals surface area contributed by atoms with Crippen molar-refractivity contribution in [3.05, 3.63) is 58.3 Å². The van der Waals surface area contributed by atoms with Crippen LogP contribution in [-0.2, 0) is 14.4 Å². The molecular weight excluding hydrogens is 488 g/mol. The van der Waals surface area contributed by atoms with Gasteiger partial charge < -0.3 is 4.43 Å². The summed E-state index contributed by atoms with van der Waals surface area (Å²) in [6.07, 6.45) is 1.13. The van der Waals surface area contributed by atoms with Crippen molar-refractivity contribution in [3.63, 3.8) is 0 Å². The molecule has 0 saturated heterocycles. The summed E-state index contributed by atoms with van der Waals surface area (Å²) in [6, 6.07) is 9.22. The molecule has 0 aliphatic carbocycles. The van der Waals surface area contributed by atoms with E-state index in [1.165, 1.54) is 42.5 Å². The van der Waals surface area contributed by atoms with Crippen LogP contribution in [0.3, 0.4) is 0 Å². The zero-order valence-corrected chi connectivity index (χ0v) is 22.8. The summed E-state index contributed by atoms with van der Waals surface area (Å²) in [7, 11) is -5.96. The third-order valence-electron chi connectivity index (χ3n) is 5.95. The molecule has 0 unspecified atom stereocenters. The van der Waals surface area contributed by atoms with Crippen LogP contribution in [-0.4, -0.2) is 29.4 Å². The van der Waals surface area contributed by atoms with Gasteiger partial charge in [-0.3, -0.25) is 4.31 Å². The maximum Gasteiger partial charge on any atom is 0.264 e. The van der Waals surface area contributed by atoms with E-state index < -0.39 is 30.2 Å². The molecule has 2 rings (SSSR count). The molecule has 32 heavy (non-hydrogen) atoms. The third kappa shape index (κ3) is 6.47. The third-order valence-corrected chi connectivity index (χ3v) is 12.9. The average molecular weight is 521 g/mol. The summed E-state index contributed by atoms with van der Waals surface area (Å²) >= 11 is 12.0. The highest BCUT2D eigenvalue weighted by molar-refractivity contribution is 7.92. The van der Waals surface area contributed by atoms with E-state index in [1.807, 2.05) is 0 Å². The first-order valence-electron chi connectivity index (χ1n) is 10.6. The van der Waals surface area contributed by atoms with Crippen LogP contribution < -0.4 is 4.31 Å². The highest BCUT2D eigenvalue weighted by Gasteiger charge is 2.37. The SMILES string of the molecule is C[C@H](CCCO[Si](C)(C)C(C)(C)C)N(c1cc(Cl)ccc1F)S(=O)(=O)c1ccc(Cl)cc1. The van der Waals surface area contributed by atoms with Gasteiger partial charge in [0.05, 0.1) is 10.6 Å². The molecule has 0 aliphatic rings. The van der Waals surface area contributed by atoms with E-state index in [-0.39, 0.29) is 20.6 Å². The summed E-state index contributed by atoms with van der Waals surface area (Å²) in [4.78, 5) is 0.0330. The quantitative estimate of drug-likeness (QED) is 0.254. The monoisotopic (exact) mass is 519 g/mol. The first kappa shape index (κ1) is 27.1. The first-order chi connectivity index (χ1) is 14.7. The maximum absolute atomic E-state index is 14.8. The van der Waals surface area contributed by atoms with E-state index in [0.717, 1.165) is 4.31 Å². The lowest BCUT2D eigenvalue weighted by Crippen LogP contribution is -2.42. The predicted molar refractivity (Wildman–Crippen MR) is 134 cm³/mol. The van der Waals surface area contributed by atoms with Crippen LogP contribution in [0.2, 0.25) is 28.2 Å². The summed E-state index contributed by atoms with van der Waals surface area (Å²) in [6.45, 7) is 13.1. The van der Waals surface area contributed by atoms with Crippen molar-refractivity contribution < 1.29 is 17.2 Å². The zero-order valence-electron chi connectivity index (χ0n) is 19.5. The Morgan fingerprint density at radius 1 is 1.06 bits per heavy atom. The van der Waals surface area contributed by atoms with E-state index in [2.05, 4.69) is 33.9 Å². The molecular formula is C23H32Cl2FNO3SSi. The van der Waals surface area contributed by atoms with Crippen molar-refractivity contribution in [1.82, 2.24) is 0 Å². The second-order valence-corrected chi connectivity index (χ2v) is 16.9. The number of benzene rings is 2. The lowest BCUT2D eigenvalue weighted by atomic mass is 10.1. The number of halogens is 3. The summed E-state index contributed by atoms with van der Waals surface area (Å²) in [5.41, 5.74) is -0.0785. The predicted octanol–water partition coefficient (Wildman–Crippen LogP) is 7.52. The zero-order chi connectivity index (χ0) is 24.3. The molecule has 4 nitrogen and oxygen atoms in total. The highest BCUT2D eigenvalue weighted by Crippen LogP contribution is 2.37. The van der Waals surface area contributed by atoms with Crippen molar-refractivity contribution in [2.75, 3.05) is 10.9 Å². The Labute approximate surface area is 202 Å². The number of sulfonamides is 1. The highest BCUT2D eigenvalue weighted by atomic mass is 35.5. The Kier molecular flexibility index (Phi) is 8.84. The van der Waals surface area contributed by atoms with Crippen molar-refractivity contribution in [2.45, 2.75) is 69.6 Å². The fourth-order valence-corrected chi connectivity index (χ4v) is 6.08. The molecule has 0 aliphatic heterocycles. The van der Waals surface area contributed by atoms with Gasteiger partial charge in [-0.2, -0.15) is 0 Å². The Balaban J connectivity index is 2.31. The summed E-state index contributed by atoms with van der Waals surface area (Å²) in [5, 5.41) is 0.762.